The molecule has 1 rings (SSSR count). The molecule has 1 nitrogen and oxygen atoms in total. The lowest BCUT2D eigenvalue weighted by Crippen LogP contribution is -1.57. The molecule has 0 fully saturated rings. The van der Waals surface area contributed by atoms with Gasteiger partial charge in [-0.05, 0) is 6.92 Å². The summed E-state index contributed by atoms with van der Waals surface area (Å²) in [4.78, 5) is 0. The summed E-state index contributed by atoms with van der Waals surface area (Å²) in [6, 6.07) is 12.0. The molecule has 0 aliphatic rings. The van der Waals surface area contributed by atoms with Gasteiger partial charge in [-0.25, -0.2) is 0 Å². The van der Waals surface area contributed by atoms with E-state index in [0.29, 0.717) is 0 Å². The van der Waals surface area contributed by atoms with Crippen molar-refractivity contribution in [2.75, 3.05) is 6.61 Å². The predicted octanol–water partition coefficient (Wildman–Crippen LogP) is 2.45. The van der Waals surface area contributed by atoms with Gasteiger partial charge in [-0.2, -0.15) is 0 Å². The summed E-state index contributed by atoms with van der Waals surface area (Å²) in [6.07, 6.45) is 0. The van der Waals surface area contributed by atoms with Crippen LogP contribution in [0.25, 0.3) is 0 Å². The first kappa shape index (κ1) is 38.5. The minimum absolute atomic E-state index is 0. The van der Waals surface area contributed by atoms with Gasteiger partial charge in [0.15, 0.2) is 0 Å². The van der Waals surface area contributed by atoms with E-state index in [-0.39, 0.29) is 30.1 Å². The molecular formula is C8H17F5O. The van der Waals surface area contributed by atoms with Crippen LogP contribution < -0.4 is 0 Å². The van der Waals surface area contributed by atoms with Gasteiger partial charge in [0, 0.05) is 6.61 Å². The first-order valence-electron chi connectivity index (χ1n) is 3.02. The average molecular weight is 224 g/mol. The largest absolute Gasteiger partial charge is 0.397 e. The fraction of sp³-hybridized carbons (Fsp3) is 0.250. The summed E-state index contributed by atoms with van der Waals surface area (Å²) >= 11 is 0. The summed E-state index contributed by atoms with van der Waals surface area (Å²) in [5.41, 5.74) is 0. The number of halogens is 5. The highest BCUT2D eigenvalue weighted by molar-refractivity contribution is 4.99. The first-order valence-corrected chi connectivity index (χ1v) is 3.02. The van der Waals surface area contributed by atoms with Crippen LogP contribution in [0.1, 0.15) is 6.92 Å². The van der Waals surface area contributed by atoms with Crippen molar-refractivity contribution in [3.63, 3.8) is 0 Å². The molecule has 0 heterocycles. The molecule has 0 saturated carbocycles. The van der Waals surface area contributed by atoms with Crippen molar-refractivity contribution < 1.29 is 28.6 Å². The summed E-state index contributed by atoms with van der Waals surface area (Å²) in [5.74, 6) is 0. The Hall–Kier alpha value is -1.17. The zero-order chi connectivity index (χ0) is 6.95. The highest BCUT2D eigenvalue weighted by Gasteiger charge is 1.57. The van der Waals surface area contributed by atoms with E-state index >= 15 is 0 Å². The van der Waals surface area contributed by atoms with Gasteiger partial charge in [-0.15, -0.1) is 0 Å². The molecule has 0 aliphatic carbocycles. The lowest BCUT2D eigenvalue weighted by atomic mass is 10.4. The minimum atomic E-state index is 0. The topological polar surface area (TPSA) is 20.2 Å². The van der Waals surface area contributed by atoms with Gasteiger partial charge >= 0.3 is 0 Å². The van der Waals surface area contributed by atoms with Crippen LogP contribution in [-0.2, 0) is 0 Å². The quantitative estimate of drug-likeness (QED) is 0.671. The zero-order valence-electron chi connectivity index (χ0n) is 7.66. The highest BCUT2D eigenvalue weighted by atomic mass is 19.0. The highest BCUT2D eigenvalue weighted by Crippen LogP contribution is 1.79. The number of aliphatic hydroxyl groups excluding tert-OH is 1. The van der Waals surface area contributed by atoms with Gasteiger partial charge in [-0.1, -0.05) is 36.4 Å². The van der Waals surface area contributed by atoms with E-state index in [1.165, 1.54) is 0 Å². The van der Waals surface area contributed by atoms with Gasteiger partial charge in [0.2, 0.25) is 0 Å². The van der Waals surface area contributed by atoms with Gasteiger partial charge in [0.05, 0.1) is 0 Å². The van der Waals surface area contributed by atoms with E-state index in [1.54, 1.807) is 6.92 Å². The van der Waals surface area contributed by atoms with Gasteiger partial charge in [0.1, 0.15) is 0 Å². The number of aliphatic hydroxyl groups is 1. The lowest BCUT2D eigenvalue weighted by molar-refractivity contribution is 0.318. The van der Waals surface area contributed by atoms with E-state index in [2.05, 4.69) is 0 Å². The van der Waals surface area contributed by atoms with Gasteiger partial charge in [0.25, 0.3) is 0 Å². The molecule has 90 valence electrons. The van der Waals surface area contributed by atoms with Crippen molar-refractivity contribution in [3.8, 4) is 0 Å². The Morgan fingerprint density at radius 3 is 0.786 bits per heavy atom. The molecule has 0 unspecified atom stereocenters. The lowest BCUT2D eigenvalue weighted by Gasteiger charge is -1.69. The Bertz CT molecular complexity index is 101. The Labute approximate surface area is 79.6 Å². The zero-order valence-corrected chi connectivity index (χ0v) is 7.66. The first-order chi connectivity index (χ1) is 4.41. The Kier molecular flexibility index (Phi) is 112. The fourth-order valence-corrected chi connectivity index (χ4v) is 0.385. The Morgan fingerprint density at radius 2 is 0.714 bits per heavy atom. The van der Waals surface area contributed by atoms with E-state index < -0.39 is 0 Å². The molecule has 0 radical (unpaired) electrons. The maximum Gasteiger partial charge on any atom is 0.0402 e. The van der Waals surface area contributed by atoms with Crippen LogP contribution in [0, 0.1) is 0 Å². The van der Waals surface area contributed by atoms with E-state index in [9.17, 15) is 0 Å². The van der Waals surface area contributed by atoms with Crippen LogP contribution >= 0.6 is 0 Å². The van der Waals surface area contributed by atoms with E-state index in [1.807, 2.05) is 36.4 Å². The molecule has 0 spiro atoms. The summed E-state index contributed by atoms with van der Waals surface area (Å²) in [6.45, 7) is 1.93. The van der Waals surface area contributed by atoms with Crippen molar-refractivity contribution in [1.82, 2.24) is 0 Å². The van der Waals surface area contributed by atoms with Crippen LogP contribution in [0.5, 0.6) is 0 Å². The van der Waals surface area contributed by atoms with Crippen LogP contribution in [0.3, 0.4) is 0 Å². The second-order valence-corrected chi connectivity index (χ2v) is 1.47. The monoisotopic (exact) mass is 224 g/mol. The number of rotatable bonds is 0. The van der Waals surface area contributed by atoms with Crippen molar-refractivity contribution in [2.45, 2.75) is 6.92 Å². The third-order valence-electron chi connectivity index (χ3n) is 0.667. The number of hydrogen-bond acceptors (Lipinski definition) is 1. The summed E-state index contributed by atoms with van der Waals surface area (Å²) < 4.78 is 0. The molecule has 0 atom stereocenters. The predicted molar refractivity (Wildman–Crippen MR) is 51.7 cm³/mol. The maximum absolute atomic E-state index is 7.57. The molecule has 14 heavy (non-hydrogen) atoms. The summed E-state index contributed by atoms with van der Waals surface area (Å²) in [7, 11) is 0. The van der Waals surface area contributed by atoms with Gasteiger partial charge < -0.3 is 5.11 Å². The average Bonchev–Trinajstić information content (AvgIpc) is 1.93. The fourth-order valence-electron chi connectivity index (χ4n) is 0.385. The normalized spacial score (nSPS) is 4.71. The Balaban J connectivity index is -0.0000000186. The van der Waals surface area contributed by atoms with E-state index in [0.717, 1.165) is 0 Å². The molecule has 6 heteroatoms. The molecule has 1 aromatic rings. The standard InChI is InChI=1S/C6H6.C2H6O.5FH/c1-2-4-6-5-3-1;1-2-3;;;;;/h1-6H;3H,2H2,1H3;5*1H. The molecular weight excluding hydrogens is 207 g/mol. The second kappa shape index (κ2) is 40.8. The number of hydrogen-bond donors (Lipinski definition) is 1. The molecule has 0 saturated heterocycles. The molecule has 1 aromatic carbocycles. The van der Waals surface area contributed by atoms with Crippen molar-refractivity contribution in [1.29, 1.82) is 0 Å². The second-order valence-electron chi connectivity index (χ2n) is 1.47. The third kappa shape index (κ3) is 44.9. The van der Waals surface area contributed by atoms with Crippen LogP contribution in [0.2, 0.25) is 0 Å². The van der Waals surface area contributed by atoms with Gasteiger partial charge in [-0.3, -0.25) is 23.5 Å². The SMILES string of the molecule is CCO.F.F.F.F.F.c1ccccc1. The smallest absolute Gasteiger partial charge is 0.0402 e. The summed E-state index contributed by atoms with van der Waals surface area (Å²) in [5, 5.41) is 7.57. The number of benzene rings is 1. The molecule has 0 aliphatic heterocycles. The van der Waals surface area contributed by atoms with Crippen molar-refractivity contribution in [2.24, 2.45) is 0 Å². The van der Waals surface area contributed by atoms with Crippen molar-refractivity contribution in [3.05, 3.63) is 36.4 Å². The van der Waals surface area contributed by atoms with Crippen LogP contribution in [-0.4, -0.2) is 11.7 Å². The van der Waals surface area contributed by atoms with Crippen LogP contribution in [0.4, 0.5) is 23.5 Å². The molecule has 0 aromatic heterocycles. The molecule has 0 amide bonds. The molecule has 1 N–H and O–H groups in total. The Morgan fingerprint density at radius 1 is 0.643 bits per heavy atom. The van der Waals surface area contributed by atoms with Crippen LogP contribution in [0.15, 0.2) is 36.4 Å². The maximum atomic E-state index is 7.57. The van der Waals surface area contributed by atoms with Crippen molar-refractivity contribution >= 4 is 0 Å². The minimum Gasteiger partial charge on any atom is -0.397 e. The molecule has 0 bridgehead atoms. The van der Waals surface area contributed by atoms with E-state index in [4.69, 9.17) is 5.11 Å². The third-order valence-corrected chi connectivity index (χ3v) is 0.667.